The van der Waals surface area contributed by atoms with E-state index in [0.717, 1.165) is 53.2 Å². The van der Waals surface area contributed by atoms with E-state index >= 15 is 0 Å². The number of aryl methyl sites for hydroxylation is 1. The number of rotatable bonds is 8. The smallest absolute Gasteiger partial charge is 0.180 e. The van der Waals surface area contributed by atoms with Gasteiger partial charge in [-0.05, 0) is 33.5 Å². The summed E-state index contributed by atoms with van der Waals surface area (Å²) in [5.41, 5.74) is 5.41. The highest BCUT2D eigenvalue weighted by Gasteiger charge is 2.13. The van der Waals surface area contributed by atoms with Crippen molar-refractivity contribution in [2.24, 2.45) is 0 Å². The van der Waals surface area contributed by atoms with Crippen molar-refractivity contribution in [3.05, 3.63) is 90.3 Å². The molecule has 0 aliphatic rings. The van der Waals surface area contributed by atoms with Gasteiger partial charge in [0, 0.05) is 17.5 Å². The minimum atomic E-state index is 0.657. The largest absolute Gasteiger partial charge is 0.241 e. The Hall–Kier alpha value is -4.13. The summed E-state index contributed by atoms with van der Waals surface area (Å²) in [5, 5.41) is 19.2. The number of aromatic nitrogens is 7. The van der Waals surface area contributed by atoms with Crippen molar-refractivity contribution in [1.29, 1.82) is 0 Å². The number of benzene rings is 3. The van der Waals surface area contributed by atoms with Gasteiger partial charge in [-0.25, -0.2) is 14.8 Å². The van der Waals surface area contributed by atoms with Crippen LogP contribution in [0.1, 0.15) is 31.2 Å². The molecule has 5 rings (SSSR count). The van der Waals surface area contributed by atoms with E-state index in [9.17, 15) is 0 Å². The van der Waals surface area contributed by atoms with Crippen LogP contribution in [-0.2, 0) is 13.0 Å². The molecular formula is C26H25N7. The summed E-state index contributed by atoms with van der Waals surface area (Å²) < 4.78 is 2.02. The zero-order chi connectivity index (χ0) is 22.5. The van der Waals surface area contributed by atoms with Crippen LogP contribution in [0.15, 0.2) is 78.9 Å². The minimum absolute atomic E-state index is 0.657. The number of nitrogens with zero attached hydrogens (tertiary/aromatic N) is 6. The van der Waals surface area contributed by atoms with Crippen molar-refractivity contribution >= 4 is 0 Å². The first kappa shape index (κ1) is 20.8. The van der Waals surface area contributed by atoms with Crippen molar-refractivity contribution < 1.29 is 0 Å². The molecule has 2 aromatic heterocycles. The molecule has 164 valence electrons. The van der Waals surface area contributed by atoms with Crippen molar-refractivity contribution in [3.8, 4) is 33.9 Å². The molecule has 3 aromatic carbocycles. The van der Waals surface area contributed by atoms with Gasteiger partial charge in [0.25, 0.3) is 0 Å². The number of nitrogens with one attached hydrogen (secondary N) is 1. The summed E-state index contributed by atoms with van der Waals surface area (Å²) in [7, 11) is 0. The lowest BCUT2D eigenvalue weighted by Crippen LogP contribution is -2.04. The first-order chi connectivity index (χ1) is 16.3. The molecule has 1 N–H and O–H groups in total. The number of tetrazole rings is 1. The number of unbranched alkanes of at least 4 members (excludes halogenated alkanes) is 1. The fourth-order valence-electron chi connectivity index (χ4n) is 3.92. The molecule has 0 saturated heterocycles. The van der Waals surface area contributed by atoms with Crippen molar-refractivity contribution in [2.45, 2.75) is 32.7 Å². The van der Waals surface area contributed by atoms with E-state index in [1.54, 1.807) is 0 Å². The van der Waals surface area contributed by atoms with E-state index in [2.05, 4.69) is 70.0 Å². The van der Waals surface area contributed by atoms with Crippen LogP contribution in [0.2, 0.25) is 0 Å². The Labute approximate surface area is 192 Å². The molecule has 0 amide bonds. The lowest BCUT2D eigenvalue weighted by molar-refractivity contribution is 0.666. The van der Waals surface area contributed by atoms with Gasteiger partial charge in [0.1, 0.15) is 0 Å². The molecular weight excluding hydrogens is 410 g/mol. The zero-order valence-electron chi connectivity index (χ0n) is 18.5. The Kier molecular flexibility index (Phi) is 6.01. The third kappa shape index (κ3) is 4.57. The maximum absolute atomic E-state index is 4.85. The normalized spacial score (nSPS) is 11.1. The molecule has 0 aliphatic heterocycles. The second kappa shape index (κ2) is 9.56. The molecule has 0 atom stereocenters. The monoisotopic (exact) mass is 435 g/mol. The van der Waals surface area contributed by atoms with Gasteiger partial charge >= 0.3 is 0 Å². The molecule has 0 fully saturated rings. The maximum Gasteiger partial charge on any atom is 0.180 e. The number of aromatic amines is 1. The lowest BCUT2D eigenvalue weighted by Gasteiger charge is -2.09. The standard InChI is InChI=1S/C26H25N7/c1-2-3-13-24-27-26(21-9-5-4-6-10-21)33(30-24)18-19-14-16-20(17-15-19)22-11-7-8-12-23(22)25-28-31-32-29-25/h4-12,14-17H,2-3,13,18H2,1H3,(H,28,29,31,32). The molecule has 0 saturated carbocycles. The SMILES string of the molecule is CCCCc1nc(-c2ccccc2)n(Cc2ccc(-c3ccccc3-c3nnn[nH]3)cc2)n1. The molecule has 0 bridgehead atoms. The summed E-state index contributed by atoms with van der Waals surface area (Å²) >= 11 is 0. The molecule has 7 nitrogen and oxygen atoms in total. The van der Waals surface area contributed by atoms with Gasteiger partial charge in [-0.15, -0.1) is 5.10 Å². The predicted octanol–water partition coefficient (Wildman–Crippen LogP) is 5.18. The topological polar surface area (TPSA) is 85.2 Å². The average Bonchev–Trinajstić information content (AvgIpc) is 3.54. The fraction of sp³-hybridized carbons (Fsp3) is 0.192. The second-order valence-corrected chi connectivity index (χ2v) is 7.97. The van der Waals surface area contributed by atoms with Gasteiger partial charge in [-0.1, -0.05) is 92.2 Å². The Morgan fingerprint density at radius 3 is 2.30 bits per heavy atom. The molecule has 2 heterocycles. The summed E-state index contributed by atoms with van der Waals surface area (Å²) in [6.07, 6.45) is 3.12. The molecule has 7 heteroatoms. The van der Waals surface area contributed by atoms with E-state index in [-0.39, 0.29) is 0 Å². The summed E-state index contributed by atoms with van der Waals surface area (Å²) in [6, 6.07) is 26.9. The van der Waals surface area contributed by atoms with Crippen LogP contribution in [-0.4, -0.2) is 35.4 Å². The first-order valence-corrected chi connectivity index (χ1v) is 11.2. The van der Waals surface area contributed by atoms with Gasteiger partial charge < -0.3 is 0 Å². The van der Waals surface area contributed by atoms with Gasteiger partial charge in [0.15, 0.2) is 17.5 Å². The molecule has 0 aliphatic carbocycles. The quantitative estimate of drug-likeness (QED) is 0.363. The van der Waals surface area contributed by atoms with Crippen LogP contribution >= 0.6 is 0 Å². The molecule has 5 aromatic rings. The van der Waals surface area contributed by atoms with Crippen LogP contribution in [0, 0.1) is 0 Å². The van der Waals surface area contributed by atoms with E-state index < -0.39 is 0 Å². The van der Waals surface area contributed by atoms with E-state index in [1.165, 1.54) is 5.56 Å². The molecule has 0 radical (unpaired) electrons. The molecule has 33 heavy (non-hydrogen) atoms. The Bertz CT molecular complexity index is 1310. The van der Waals surface area contributed by atoms with Gasteiger partial charge in [-0.2, -0.15) is 5.10 Å². The predicted molar refractivity (Wildman–Crippen MR) is 128 cm³/mol. The Morgan fingerprint density at radius 2 is 1.58 bits per heavy atom. The van der Waals surface area contributed by atoms with Crippen LogP contribution < -0.4 is 0 Å². The summed E-state index contributed by atoms with van der Waals surface area (Å²) in [4.78, 5) is 4.85. The van der Waals surface area contributed by atoms with Crippen LogP contribution in [0.25, 0.3) is 33.9 Å². The highest BCUT2D eigenvalue weighted by Crippen LogP contribution is 2.30. The summed E-state index contributed by atoms with van der Waals surface area (Å²) in [6.45, 7) is 2.85. The van der Waals surface area contributed by atoms with Crippen molar-refractivity contribution in [3.63, 3.8) is 0 Å². The zero-order valence-corrected chi connectivity index (χ0v) is 18.5. The van der Waals surface area contributed by atoms with Crippen molar-refractivity contribution in [2.75, 3.05) is 0 Å². The highest BCUT2D eigenvalue weighted by molar-refractivity contribution is 5.80. The van der Waals surface area contributed by atoms with E-state index in [1.807, 2.05) is 41.1 Å². The Morgan fingerprint density at radius 1 is 0.818 bits per heavy atom. The van der Waals surface area contributed by atoms with E-state index in [0.29, 0.717) is 12.4 Å². The number of H-pyrrole nitrogens is 1. The number of hydrogen-bond acceptors (Lipinski definition) is 5. The van der Waals surface area contributed by atoms with Gasteiger partial charge in [0.05, 0.1) is 6.54 Å². The van der Waals surface area contributed by atoms with Crippen LogP contribution in [0.3, 0.4) is 0 Å². The van der Waals surface area contributed by atoms with Gasteiger partial charge in [-0.3, -0.25) is 0 Å². The lowest BCUT2D eigenvalue weighted by atomic mass is 9.98. The Balaban J connectivity index is 1.43. The fourth-order valence-corrected chi connectivity index (χ4v) is 3.92. The van der Waals surface area contributed by atoms with Crippen LogP contribution in [0.4, 0.5) is 0 Å². The minimum Gasteiger partial charge on any atom is -0.241 e. The van der Waals surface area contributed by atoms with Gasteiger partial charge in [0.2, 0.25) is 0 Å². The molecule has 0 unspecified atom stereocenters. The van der Waals surface area contributed by atoms with Crippen LogP contribution in [0.5, 0.6) is 0 Å². The third-order valence-corrected chi connectivity index (χ3v) is 5.63. The number of hydrogen-bond donors (Lipinski definition) is 1. The maximum atomic E-state index is 4.85. The summed E-state index contributed by atoms with van der Waals surface area (Å²) in [5.74, 6) is 2.47. The highest BCUT2D eigenvalue weighted by atomic mass is 15.5. The second-order valence-electron chi connectivity index (χ2n) is 7.97. The molecule has 0 spiro atoms. The third-order valence-electron chi connectivity index (χ3n) is 5.63. The van der Waals surface area contributed by atoms with E-state index in [4.69, 9.17) is 10.1 Å². The van der Waals surface area contributed by atoms with Crippen molar-refractivity contribution in [1.82, 2.24) is 35.4 Å². The first-order valence-electron chi connectivity index (χ1n) is 11.2. The average molecular weight is 436 g/mol.